The van der Waals surface area contributed by atoms with Gasteiger partial charge in [-0.25, -0.2) is 0 Å². The van der Waals surface area contributed by atoms with Gasteiger partial charge in [0.15, 0.2) is 0 Å². The molecular formula is C15H17ClN2O. The molecule has 19 heavy (non-hydrogen) atoms. The summed E-state index contributed by atoms with van der Waals surface area (Å²) in [7, 11) is 0. The molecule has 0 radical (unpaired) electrons. The number of benzene rings is 1. The van der Waals surface area contributed by atoms with E-state index in [4.69, 9.17) is 22.1 Å². The van der Waals surface area contributed by atoms with E-state index in [1.54, 1.807) is 12.4 Å². The van der Waals surface area contributed by atoms with Gasteiger partial charge in [0.25, 0.3) is 0 Å². The van der Waals surface area contributed by atoms with Gasteiger partial charge in [0.1, 0.15) is 11.9 Å². The minimum absolute atomic E-state index is 0.126. The highest BCUT2D eigenvalue weighted by Gasteiger charge is 2.18. The first-order valence-electron chi connectivity index (χ1n) is 6.16. The summed E-state index contributed by atoms with van der Waals surface area (Å²) in [6, 6.07) is 9.30. The maximum Gasteiger partial charge on any atom is 0.139 e. The summed E-state index contributed by atoms with van der Waals surface area (Å²) in [5.74, 6) is 0.765. The maximum atomic E-state index is 6.01. The lowest BCUT2D eigenvalue weighted by atomic mass is 10.1. The van der Waals surface area contributed by atoms with E-state index in [1.165, 1.54) is 0 Å². The first kappa shape index (κ1) is 13.8. The standard InChI is InChI=1S/C15H17ClN2O/c1-10-9-13(3-4-14(10)16)19-15(11(2)17)12-5-7-18-8-6-12/h3-9,11,15H,17H2,1-2H3. The molecule has 0 aliphatic heterocycles. The Kier molecular flexibility index (Phi) is 4.40. The topological polar surface area (TPSA) is 48.1 Å². The van der Waals surface area contributed by atoms with Crippen LogP contribution in [0.1, 0.15) is 24.2 Å². The predicted octanol–water partition coefficient (Wildman–Crippen LogP) is 3.51. The van der Waals surface area contributed by atoms with Crippen LogP contribution in [-0.2, 0) is 0 Å². The van der Waals surface area contributed by atoms with Gasteiger partial charge in [-0.3, -0.25) is 4.98 Å². The SMILES string of the molecule is Cc1cc(OC(c2ccncc2)C(C)N)ccc1Cl. The number of aromatic nitrogens is 1. The summed E-state index contributed by atoms with van der Waals surface area (Å²) in [4.78, 5) is 4.01. The molecular weight excluding hydrogens is 260 g/mol. The van der Waals surface area contributed by atoms with Gasteiger partial charge >= 0.3 is 0 Å². The quantitative estimate of drug-likeness (QED) is 0.930. The average molecular weight is 277 g/mol. The van der Waals surface area contributed by atoms with E-state index in [9.17, 15) is 0 Å². The molecule has 2 atom stereocenters. The Morgan fingerprint density at radius 1 is 1.21 bits per heavy atom. The van der Waals surface area contributed by atoms with Gasteiger partial charge in [0, 0.05) is 23.5 Å². The van der Waals surface area contributed by atoms with Crippen molar-refractivity contribution < 1.29 is 4.74 Å². The van der Waals surface area contributed by atoms with E-state index in [-0.39, 0.29) is 12.1 Å². The van der Waals surface area contributed by atoms with Crippen LogP contribution in [0.4, 0.5) is 0 Å². The number of hydrogen-bond donors (Lipinski definition) is 1. The second-order valence-electron chi connectivity index (χ2n) is 4.59. The van der Waals surface area contributed by atoms with Crippen molar-refractivity contribution in [2.45, 2.75) is 26.0 Å². The first-order valence-corrected chi connectivity index (χ1v) is 6.54. The van der Waals surface area contributed by atoms with E-state index in [2.05, 4.69) is 4.98 Å². The molecule has 0 saturated carbocycles. The Morgan fingerprint density at radius 2 is 1.89 bits per heavy atom. The molecule has 0 fully saturated rings. The Hall–Kier alpha value is -1.58. The third-order valence-corrected chi connectivity index (χ3v) is 3.33. The van der Waals surface area contributed by atoms with Crippen molar-refractivity contribution in [2.24, 2.45) is 5.73 Å². The fourth-order valence-corrected chi connectivity index (χ4v) is 1.99. The number of rotatable bonds is 4. The predicted molar refractivity (Wildman–Crippen MR) is 77.4 cm³/mol. The summed E-state index contributed by atoms with van der Waals surface area (Å²) in [5.41, 5.74) is 8.01. The fourth-order valence-electron chi connectivity index (χ4n) is 1.87. The molecule has 3 nitrogen and oxygen atoms in total. The van der Waals surface area contributed by atoms with Gasteiger partial charge in [-0.1, -0.05) is 11.6 Å². The van der Waals surface area contributed by atoms with Gasteiger partial charge in [0.05, 0.1) is 0 Å². The number of halogens is 1. The van der Waals surface area contributed by atoms with Crippen LogP contribution < -0.4 is 10.5 Å². The van der Waals surface area contributed by atoms with Crippen LogP contribution in [-0.4, -0.2) is 11.0 Å². The van der Waals surface area contributed by atoms with Gasteiger partial charge in [-0.15, -0.1) is 0 Å². The Balaban J connectivity index is 2.24. The molecule has 2 rings (SSSR count). The number of nitrogens with two attached hydrogens (primary N) is 1. The molecule has 2 N–H and O–H groups in total. The van der Waals surface area contributed by atoms with Crippen LogP contribution in [0.25, 0.3) is 0 Å². The highest BCUT2D eigenvalue weighted by molar-refractivity contribution is 6.31. The van der Waals surface area contributed by atoms with Crippen LogP contribution >= 0.6 is 11.6 Å². The van der Waals surface area contributed by atoms with E-state index < -0.39 is 0 Å². The molecule has 1 aromatic heterocycles. The van der Waals surface area contributed by atoms with Crippen molar-refractivity contribution >= 4 is 11.6 Å². The summed E-state index contributed by atoms with van der Waals surface area (Å²) in [6.45, 7) is 3.87. The van der Waals surface area contributed by atoms with E-state index in [0.717, 1.165) is 21.9 Å². The van der Waals surface area contributed by atoms with Crippen LogP contribution in [0.15, 0.2) is 42.7 Å². The van der Waals surface area contributed by atoms with Crippen LogP contribution in [0.3, 0.4) is 0 Å². The Morgan fingerprint density at radius 3 is 2.47 bits per heavy atom. The van der Waals surface area contributed by atoms with Crippen LogP contribution in [0.5, 0.6) is 5.75 Å². The molecule has 0 aliphatic rings. The highest BCUT2D eigenvalue weighted by atomic mass is 35.5. The van der Waals surface area contributed by atoms with Crippen LogP contribution in [0, 0.1) is 6.92 Å². The number of nitrogens with zero attached hydrogens (tertiary/aromatic N) is 1. The van der Waals surface area contributed by atoms with Crippen molar-refractivity contribution in [1.29, 1.82) is 0 Å². The Bertz CT molecular complexity index is 543. The molecule has 2 unspecified atom stereocenters. The minimum Gasteiger partial charge on any atom is -0.484 e. The lowest BCUT2D eigenvalue weighted by molar-refractivity contribution is 0.180. The molecule has 2 aromatic rings. The molecule has 0 aliphatic carbocycles. The van der Waals surface area contributed by atoms with Gasteiger partial charge in [0.2, 0.25) is 0 Å². The van der Waals surface area contributed by atoms with Gasteiger partial charge in [-0.05, 0) is 55.3 Å². The molecule has 100 valence electrons. The Labute approximate surface area is 118 Å². The molecule has 1 aromatic carbocycles. The van der Waals surface area contributed by atoms with Crippen molar-refractivity contribution in [3.63, 3.8) is 0 Å². The molecule has 0 saturated heterocycles. The lowest BCUT2D eigenvalue weighted by Gasteiger charge is -2.23. The smallest absolute Gasteiger partial charge is 0.139 e. The monoisotopic (exact) mass is 276 g/mol. The zero-order valence-electron chi connectivity index (χ0n) is 11.0. The van der Waals surface area contributed by atoms with Crippen molar-refractivity contribution in [3.05, 3.63) is 58.9 Å². The minimum atomic E-state index is -0.205. The normalized spacial score (nSPS) is 13.9. The van der Waals surface area contributed by atoms with Crippen molar-refractivity contribution in [3.8, 4) is 5.75 Å². The second kappa shape index (κ2) is 6.04. The van der Waals surface area contributed by atoms with E-state index >= 15 is 0 Å². The summed E-state index contributed by atoms with van der Waals surface area (Å²) in [6.07, 6.45) is 3.27. The first-order chi connectivity index (χ1) is 9.08. The fraction of sp³-hybridized carbons (Fsp3) is 0.267. The number of ether oxygens (including phenoxy) is 1. The highest BCUT2D eigenvalue weighted by Crippen LogP contribution is 2.27. The third kappa shape index (κ3) is 3.46. The third-order valence-electron chi connectivity index (χ3n) is 2.90. The van der Waals surface area contributed by atoms with Gasteiger partial charge in [-0.2, -0.15) is 0 Å². The number of aryl methyl sites for hydroxylation is 1. The number of pyridine rings is 1. The molecule has 0 amide bonds. The number of hydrogen-bond acceptors (Lipinski definition) is 3. The molecule has 4 heteroatoms. The maximum absolute atomic E-state index is 6.01. The van der Waals surface area contributed by atoms with Crippen molar-refractivity contribution in [2.75, 3.05) is 0 Å². The summed E-state index contributed by atoms with van der Waals surface area (Å²) in [5, 5.41) is 0.730. The van der Waals surface area contributed by atoms with Crippen LogP contribution in [0.2, 0.25) is 5.02 Å². The average Bonchev–Trinajstić information content (AvgIpc) is 2.40. The summed E-state index contributed by atoms with van der Waals surface area (Å²) >= 11 is 6.01. The van der Waals surface area contributed by atoms with E-state index in [0.29, 0.717) is 0 Å². The van der Waals surface area contributed by atoms with Gasteiger partial charge < -0.3 is 10.5 Å². The largest absolute Gasteiger partial charge is 0.484 e. The zero-order valence-corrected chi connectivity index (χ0v) is 11.8. The molecule has 1 heterocycles. The van der Waals surface area contributed by atoms with E-state index in [1.807, 2.05) is 44.2 Å². The molecule has 0 spiro atoms. The van der Waals surface area contributed by atoms with Crippen molar-refractivity contribution in [1.82, 2.24) is 4.98 Å². The lowest BCUT2D eigenvalue weighted by Crippen LogP contribution is -2.29. The summed E-state index contributed by atoms with van der Waals surface area (Å²) < 4.78 is 5.99. The second-order valence-corrected chi connectivity index (χ2v) is 5.00. The zero-order chi connectivity index (χ0) is 13.8. The molecule has 0 bridgehead atoms.